The van der Waals surface area contributed by atoms with Crippen molar-refractivity contribution in [3.63, 3.8) is 0 Å². The van der Waals surface area contributed by atoms with Crippen LogP contribution in [-0.2, 0) is 11.2 Å². The smallest absolute Gasteiger partial charge is 0.123 e. The van der Waals surface area contributed by atoms with E-state index in [1.165, 1.54) is 0 Å². The zero-order chi connectivity index (χ0) is 10.4. The zero-order valence-electron chi connectivity index (χ0n) is 8.81. The van der Waals surface area contributed by atoms with E-state index in [1.54, 1.807) is 6.20 Å². The summed E-state index contributed by atoms with van der Waals surface area (Å²) in [6.45, 7) is 4.28. The molecule has 0 saturated heterocycles. The van der Waals surface area contributed by atoms with Gasteiger partial charge in [0.05, 0.1) is 0 Å². The summed E-state index contributed by atoms with van der Waals surface area (Å²) in [5.41, 5.74) is 1.14. The van der Waals surface area contributed by atoms with Gasteiger partial charge in [0.1, 0.15) is 6.29 Å². The minimum absolute atomic E-state index is 0.138. The van der Waals surface area contributed by atoms with E-state index < -0.39 is 0 Å². The first-order valence-corrected chi connectivity index (χ1v) is 5.06. The molecule has 0 bridgehead atoms. The summed E-state index contributed by atoms with van der Waals surface area (Å²) < 4.78 is 0. The number of rotatable bonds is 5. The van der Waals surface area contributed by atoms with Crippen LogP contribution in [-0.4, -0.2) is 11.3 Å². The van der Waals surface area contributed by atoms with Gasteiger partial charge < -0.3 is 4.79 Å². The van der Waals surface area contributed by atoms with Crippen LogP contribution in [0, 0.1) is 11.8 Å². The standard InChI is InChI=1S/C12H17NO/c1-10(2)6-12(9-14)7-11-4-3-5-13-8-11/h3-5,8-10,12H,6-7H2,1-2H3. The zero-order valence-corrected chi connectivity index (χ0v) is 8.81. The Morgan fingerprint density at radius 3 is 2.79 bits per heavy atom. The van der Waals surface area contributed by atoms with E-state index >= 15 is 0 Å². The van der Waals surface area contributed by atoms with Gasteiger partial charge in [-0.25, -0.2) is 0 Å². The molecule has 14 heavy (non-hydrogen) atoms. The lowest BCUT2D eigenvalue weighted by Gasteiger charge is -2.12. The summed E-state index contributed by atoms with van der Waals surface area (Å²) in [4.78, 5) is 14.9. The number of hydrogen-bond donors (Lipinski definition) is 0. The molecule has 0 radical (unpaired) electrons. The van der Waals surface area contributed by atoms with Gasteiger partial charge in [0.25, 0.3) is 0 Å². The fourth-order valence-corrected chi connectivity index (χ4v) is 1.61. The molecule has 0 amide bonds. The fourth-order valence-electron chi connectivity index (χ4n) is 1.61. The molecule has 2 nitrogen and oxygen atoms in total. The van der Waals surface area contributed by atoms with Crippen LogP contribution in [0.2, 0.25) is 0 Å². The lowest BCUT2D eigenvalue weighted by atomic mass is 9.93. The van der Waals surface area contributed by atoms with Gasteiger partial charge in [-0.3, -0.25) is 4.98 Å². The van der Waals surface area contributed by atoms with Gasteiger partial charge >= 0.3 is 0 Å². The normalized spacial score (nSPS) is 12.8. The molecule has 1 heterocycles. The topological polar surface area (TPSA) is 30.0 Å². The van der Waals surface area contributed by atoms with E-state index in [2.05, 4.69) is 18.8 Å². The van der Waals surface area contributed by atoms with E-state index in [0.717, 1.165) is 24.7 Å². The third kappa shape index (κ3) is 3.69. The molecule has 1 atom stereocenters. The maximum Gasteiger partial charge on any atom is 0.123 e. The summed E-state index contributed by atoms with van der Waals surface area (Å²) in [5, 5.41) is 0. The minimum atomic E-state index is 0.138. The molecule has 1 aromatic rings. The number of aldehydes is 1. The summed E-state index contributed by atoms with van der Waals surface area (Å²) in [7, 11) is 0. The van der Waals surface area contributed by atoms with Gasteiger partial charge in [-0.2, -0.15) is 0 Å². The quantitative estimate of drug-likeness (QED) is 0.669. The highest BCUT2D eigenvalue weighted by Gasteiger charge is 2.10. The molecule has 0 N–H and O–H groups in total. The molecule has 0 fully saturated rings. The second kappa shape index (κ2) is 5.53. The monoisotopic (exact) mass is 191 g/mol. The molecule has 1 unspecified atom stereocenters. The molecular weight excluding hydrogens is 174 g/mol. The lowest BCUT2D eigenvalue weighted by molar-refractivity contribution is -0.111. The van der Waals surface area contributed by atoms with Crippen LogP contribution < -0.4 is 0 Å². The number of pyridine rings is 1. The van der Waals surface area contributed by atoms with Crippen molar-refractivity contribution in [1.29, 1.82) is 0 Å². The predicted octanol–water partition coefficient (Wildman–Crippen LogP) is 2.49. The van der Waals surface area contributed by atoms with E-state index in [9.17, 15) is 4.79 Å². The molecule has 2 heteroatoms. The number of carbonyl (C=O) groups is 1. The Morgan fingerprint density at radius 1 is 1.50 bits per heavy atom. The van der Waals surface area contributed by atoms with Crippen molar-refractivity contribution in [2.45, 2.75) is 26.7 Å². The van der Waals surface area contributed by atoms with Crippen LogP contribution in [0.4, 0.5) is 0 Å². The molecule has 0 aliphatic rings. The van der Waals surface area contributed by atoms with Crippen molar-refractivity contribution in [2.75, 3.05) is 0 Å². The van der Waals surface area contributed by atoms with E-state index in [0.29, 0.717) is 5.92 Å². The van der Waals surface area contributed by atoms with Crippen molar-refractivity contribution in [2.24, 2.45) is 11.8 Å². The second-order valence-corrected chi connectivity index (χ2v) is 4.09. The van der Waals surface area contributed by atoms with Gasteiger partial charge in [0.2, 0.25) is 0 Å². The average Bonchev–Trinajstić information content (AvgIpc) is 2.17. The van der Waals surface area contributed by atoms with Crippen LogP contribution in [0.1, 0.15) is 25.8 Å². The predicted molar refractivity (Wildman–Crippen MR) is 57.0 cm³/mol. The fraction of sp³-hybridized carbons (Fsp3) is 0.500. The third-order valence-electron chi connectivity index (χ3n) is 2.19. The SMILES string of the molecule is CC(C)CC(C=O)Cc1cccnc1. The van der Waals surface area contributed by atoms with Crippen LogP contribution in [0.5, 0.6) is 0 Å². The Kier molecular flexibility index (Phi) is 4.30. The van der Waals surface area contributed by atoms with Crippen LogP contribution in [0.15, 0.2) is 24.5 Å². The van der Waals surface area contributed by atoms with Gasteiger partial charge in [-0.1, -0.05) is 19.9 Å². The van der Waals surface area contributed by atoms with Crippen LogP contribution >= 0.6 is 0 Å². The molecule has 0 aromatic carbocycles. The summed E-state index contributed by atoms with van der Waals surface area (Å²) in [5.74, 6) is 0.709. The Labute approximate surface area is 85.4 Å². The largest absolute Gasteiger partial charge is 0.303 e. The van der Waals surface area contributed by atoms with Crippen molar-refractivity contribution >= 4 is 6.29 Å². The first kappa shape index (κ1) is 10.9. The summed E-state index contributed by atoms with van der Waals surface area (Å²) in [6, 6.07) is 3.93. The van der Waals surface area contributed by atoms with Crippen molar-refractivity contribution in [3.05, 3.63) is 30.1 Å². The van der Waals surface area contributed by atoms with Crippen molar-refractivity contribution in [1.82, 2.24) is 4.98 Å². The van der Waals surface area contributed by atoms with Crippen LogP contribution in [0.25, 0.3) is 0 Å². The number of carbonyl (C=O) groups excluding carboxylic acids is 1. The molecule has 0 aliphatic carbocycles. The first-order valence-electron chi connectivity index (χ1n) is 5.06. The maximum atomic E-state index is 10.8. The third-order valence-corrected chi connectivity index (χ3v) is 2.19. The number of nitrogens with zero attached hydrogens (tertiary/aromatic N) is 1. The molecule has 0 saturated carbocycles. The molecular formula is C12H17NO. The first-order chi connectivity index (χ1) is 6.72. The lowest BCUT2D eigenvalue weighted by Crippen LogP contribution is -2.09. The molecule has 0 spiro atoms. The second-order valence-electron chi connectivity index (χ2n) is 4.09. The Bertz CT molecular complexity index is 269. The van der Waals surface area contributed by atoms with Gasteiger partial charge in [-0.05, 0) is 30.4 Å². The van der Waals surface area contributed by atoms with Crippen LogP contribution in [0.3, 0.4) is 0 Å². The van der Waals surface area contributed by atoms with Crippen molar-refractivity contribution < 1.29 is 4.79 Å². The maximum absolute atomic E-state index is 10.8. The van der Waals surface area contributed by atoms with E-state index in [1.807, 2.05) is 18.3 Å². The summed E-state index contributed by atoms with van der Waals surface area (Å²) in [6.07, 6.45) is 6.42. The minimum Gasteiger partial charge on any atom is -0.303 e. The summed E-state index contributed by atoms with van der Waals surface area (Å²) >= 11 is 0. The van der Waals surface area contributed by atoms with Gasteiger partial charge in [0.15, 0.2) is 0 Å². The average molecular weight is 191 g/mol. The van der Waals surface area contributed by atoms with E-state index in [-0.39, 0.29) is 5.92 Å². The highest BCUT2D eigenvalue weighted by Crippen LogP contribution is 2.14. The molecule has 76 valence electrons. The van der Waals surface area contributed by atoms with E-state index in [4.69, 9.17) is 0 Å². The Balaban J connectivity index is 2.53. The number of aromatic nitrogens is 1. The van der Waals surface area contributed by atoms with Crippen molar-refractivity contribution in [3.8, 4) is 0 Å². The molecule has 0 aliphatic heterocycles. The Hall–Kier alpha value is -1.18. The van der Waals surface area contributed by atoms with Gasteiger partial charge in [0, 0.05) is 18.3 Å². The number of hydrogen-bond acceptors (Lipinski definition) is 2. The van der Waals surface area contributed by atoms with Gasteiger partial charge in [-0.15, -0.1) is 0 Å². The Morgan fingerprint density at radius 2 is 2.29 bits per heavy atom. The molecule has 1 rings (SSSR count). The molecule has 1 aromatic heterocycles. The highest BCUT2D eigenvalue weighted by atomic mass is 16.1. The highest BCUT2D eigenvalue weighted by molar-refractivity contribution is 5.54.